The van der Waals surface area contributed by atoms with E-state index in [0.717, 1.165) is 33.5 Å². The van der Waals surface area contributed by atoms with Crippen LogP contribution in [0, 0.1) is 0 Å². The largest absolute Gasteiger partial charge is 0.300 e. The first kappa shape index (κ1) is 14.0. The van der Waals surface area contributed by atoms with Crippen LogP contribution in [0.15, 0.2) is 42.4 Å². The first-order chi connectivity index (χ1) is 11.0. The summed E-state index contributed by atoms with van der Waals surface area (Å²) in [4.78, 5) is 33.3. The van der Waals surface area contributed by atoms with Gasteiger partial charge in [-0.25, -0.2) is 0 Å². The van der Waals surface area contributed by atoms with Crippen molar-refractivity contribution in [2.45, 2.75) is 32.1 Å². The van der Waals surface area contributed by atoms with Gasteiger partial charge in [0.25, 0.3) is 0 Å². The fourth-order valence-electron chi connectivity index (χ4n) is 4.16. The number of hydrogen-bond acceptors (Lipinski definition) is 4. The summed E-state index contributed by atoms with van der Waals surface area (Å²) in [7, 11) is 0. The molecule has 0 bridgehead atoms. The Bertz CT molecular complexity index is 898. The van der Waals surface area contributed by atoms with Crippen molar-refractivity contribution < 1.29 is 9.59 Å². The Morgan fingerprint density at radius 2 is 2.09 bits per heavy atom. The number of Topliss-reactive ketones (excluding diaryl/α,β-unsaturated/α-hetero) is 2. The normalized spacial score (nSPS) is 21.7. The second-order valence-corrected chi connectivity index (χ2v) is 6.38. The maximum Gasteiger partial charge on any atom is 0.160 e. The Labute approximate surface area is 134 Å². The van der Waals surface area contributed by atoms with Crippen molar-refractivity contribution >= 4 is 17.1 Å². The quantitative estimate of drug-likeness (QED) is 0.855. The molecule has 2 aromatic heterocycles. The van der Waals surface area contributed by atoms with Crippen LogP contribution in [0.1, 0.15) is 37.8 Å². The second kappa shape index (κ2) is 4.69. The molecule has 4 heteroatoms. The van der Waals surface area contributed by atoms with Crippen molar-refractivity contribution in [2.24, 2.45) is 0 Å². The number of fused-ring (bicyclic) bond motifs is 6. The predicted molar refractivity (Wildman–Crippen MR) is 86.7 cm³/mol. The van der Waals surface area contributed by atoms with E-state index in [0.29, 0.717) is 12.8 Å². The van der Waals surface area contributed by atoms with E-state index in [-0.39, 0.29) is 11.6 Å². The van der Waals surface area contributed by atoms with E-state index in [4.69, 9.17) is 0 Å². The maximum atomic E-state index is 12.5. The van der Waals surface area contributed by atoms with Crippen molar-refractivity contribution in [3.63, 3.8) is 0 Å². The van der Waals surface area contributed by atoms with Gasteiger partial charge < -0.3 is 0 Å². The van der Waals surface area contributed by atoms with Crippen LogP contribution >= 0.6 is 0 Å². The van der Waals surface area contributed by atoms with Crippen LogP contribution in [0.5, 0.6) is 0 Å². The highest BCUT2D eigenvalue weighted by atomic mass is 16.1. The molecule has 4 rings (SSSR count). The van der Waals surface area contributed by atoms with Gasteiger partial charge in [0.1, 0.15) is 5.78 Å². The Hall–Kier alpha value is -2.62. The van der Waals surface area contributed by atoms with Gasteiger partial charge in [0.15, 0.2) is 5.78 Å². The summed E-state index contributed by atoms with van der Waals surface area (Å²) in [5, 5.41) is 0. The first-order valence-corrected chi connectivity index (χ1v) is 7.69. The van der Waals surface area contributed by atoms with E-state index in [1.165, 1.54) is 0 Å². The smallest absolute Gasteiger partial charge is 0.160 e. The minimum absolute atomic E-state index is 0.0761. The highest BCUT2D eigenvalue weighted by Crippen LogP contribution is 2.57. The number of carbonyl (C=O) groups is 2. The monoisotopic (exact) mass is 304 g/mol. The van der Waals surface area contributed by atoms with Crippen LogP contribution in [-0.4, -0.2) is 21.5 Å². The zero-order chi connectivity index (χ0) is 16.2. The SMILES string of the molecule is CC(=O)CC12CC(=O)C(C)=C1c1cnccc1-c1ncccc12. The summed E-state index contributed by atoms with van der Waals surface area (Å²) >= 11 is 0. The molecule has 0 radical (unpaired) electrons. The van der Waals surface area contributed by atoms with Crippen LogP contribution < -0.4 is 0 Å². The number of pyridine rings is 2. The fraction of sp³-hybridized carbons (Fsp3) is 0.263. The summed E-state index contributed by atoms with van der Waals surface area (Å²) < 4.78 is 0. The van der Waals surface area contributed by atoms with Gasteiger partial charge in [0.05, 0.1) is 5.69 Å². The molecule has 4 nitrogen and oxygen atoms in total. The molecule has 0 fully saturated rings. The molecule has 0 N–H and O–H groups in total. The maximum absolute atomic E-state index is 12.5. The van der Waals surface area contributed by atoms with E-state index >= 15 is 0 Å². The predicted octanol–water partition coefficient (Wildman–Crippen LogP) is 3.12. The van der Waals surface area contributed by atoms with Gasteiger partial charge in [-0.2, -0.15) is 0 Å². The molecule has 2 aromatic rings. The summed E-state index contributed by atoms with van der Waals surface area (Å²) in [5.74, 6) is 0.180. The summed E-state index contributed by atoms with van der Waals surface area (Å²) in [6.07, 6.45) is 5.93. The van der Waals surface area contributed by atoms with E-state index in [9.17, 15) is 9.59 Å². The lowest BCUT2D eigenvalue weighted by Gasteiger charge is -2.37. The second-order valence-electron chi connectivity index (χ2n) is 6.38. The number of allylic oxidation sites excluding steroid dienone is 2. The van der Waals surface area contributed by atoms with Gasteiger partial charge in [-0.05, 0) is 42.7 Å². The third-order valence-corrected chi connectivity index (χ3v) is 4.95. The Balaban J connectivity index is 2.14. The van der Waals surface area contributed by atoms with Crippen LogP contribution in [-0.2, 0) is 15.0 Å². The Morgan fingerprint density at radius 3 is 2.87 bits per heavy atom. The van der Waals surface area contributed by atoms with Gasteiger partial charge in [-0.1, -0.05) is 6.07 Å². The molecule has 0 spiro atoms. The average molecular weight is 304 g/mol. The average Bonchev–Trinajstić information content (AvgIpc) is 2.79. The Kier molecular flexibility index (Phi) is 2.85. The summed E-state index contributed by atoms with van der Waals surface area (Å²) in [6.45, 7) is 3.44. The van der Waals surface area contributed by atoms with Gasteiger partial charge in [0.2, 0.25) is 0 Å². The van der Waals surface area contributed by atoms with Crippen molar-refractivity contribution in [3.8, 4) is 11.3 Å². The number of carbonyl (C=O) groups excluding carboxylic acids is 2. The molecule has 114 valence electrons. The van der Waals surface area contributed by atoms with Crippen molar-refractivity contribution in [1.82, 2.24) is 9.97 Å². The summed E-state index contributed by atoms with van der Waals surface area (Å²) in [5.41, 5.74) is 4.87. The van der Waals surface area contributed by atoms with Crippen molar-refractivity contribution in [1.29, 1.82) is 0 Å². The van der Waals surface area contributed by atoms with Gasteiger partial charge >= 0.3 is 0 Å². The minimum atomic E-state index is -0.591. The zero-order valence-electron chi connectivity index (χ0n) is 13.1. The fourth-order valence-corrected chi connectivity index (χ4v) is 4.16. The summed E-state index contributed by atoms with van der Waals surface area (Å²) in [6, 6.07) is 5.81. The molecule has 0 saturated heterocycles. The minimum Gasteiger partial charge on any atom is -0.300 e. The highest BCUT2D eigenvalue weighted by Gasteiger charge is 2.50. The third-order valence-electron chi connectivity index (χ3n) is 4.95. The lowest BCUT2D eigenvalue weighted by Crippen LogP contribution is -2.32. The van der Waals surface area contributed by atoms with Gasteiger partial charge in [0, 0.05) is 48.0 Å². The molecule has 0 aromatic carbocycles. The van der Waals surface area contributed by atoms with E-state index in [2.05, 4.69) is 9.97 Å². The molecule has 0 saturated carbocycles. The van der Waals surface area contributed by atoms with E-state index < -0.39 is 5.41 Å². The number of nitrogens with zero attached hydrogens (tertiary/aromatic N) is 2. The van der Waals surface area contributed by atoms with Crippen LogP contribution in [0.25, 0.3) is 16.8 Å². The van der Waals surface area contributed by atoms with Gasteiger partial charge in [-0.3, -0.25) is 19.6 Å². The molecule has 0 amide bonds. The number of rotatable bonds is 2. The van der Waals surface area contributed by atoms with Crippen molar-refractivity contribution in [2.75, 3.05) is 0 Å². The first-order valence-electron chi connectivity index (χ1n) is 7.69. The number of aromatic nitrogens is 2. The van der Waals surface area contributed by atoms with Gasteiger partial charge in [-0.15, -0.1) is 0 Å². The Morgan fingerprint density at radius 1 is 1.26 bits per heavy atom. The molecule has 2 heterocycles. The number of ketones is 2. The van der Waals surface area contributed by atoms with Crippen molar-refractivity contribution in [3.05, 3.63) is 53.5 Å². The molecule has 1 unspecified atom stereocenters. The lowest BCUT2D eigenvalue weighted by atomic mass is 9.64. The third kappa shape index (κ3) is 1.78. The molecule has 0 aliphatic heterocycles. The lowest BCUT2D eigenvalue weighted by molar-refractivity contribution is -0.118. The zero-order valence-corrected chi connectivity index (χ0v) is 13.1. The molecular weight excluding hydrogens is 288 g/mol. The number of hydrogen-bond donors (Lipinski definition) is 0. The van der Waals surface area contributed by atoms with Crippen LogP contribution in [0.3, 0.4) is 0 Å². The standard InChI is InChI=1S/C19H16N2O2/c1-11(22)8-19-9-16(23)12(2)17(19)14-10-20-7-5-13(14)18-15(19)4-3-6-21-18/h3-7,10H,8-9H2,1-2H3. The molecule has 1 atom stereocenters. The molecule has 2 aliphatic carbocycles. The van der Waals surface area contributed by atoms with E-state index in [1.54, 1.807) is 25.5 Å². The van der Waals surface area contributed by atoms with Crippen LogP contribution in [0.2, 0.25) is 0 Å². The molecule has 23 heavy (non-hydrogen) atoms. The van der Waals surface area contributed by atoms with Crippen LogP contribution in [0.4, 0.5) is 0 Å². The van der Waals surface area contributed by atoms with E-state index in [1.807, 2.05) is 25.1 Å². The molecule has 2 aliphatic rings. The highest BCUT2D eigenvalue weighted by molar-refractivity contribution is 6.14. The topological polar surface area (TPSA) is 59.9 Å². The molecular formula is C19H16N2O2.